The third kappa shape index (κ3) is 46.0. The first kappa shape index (κ1) is 54.4. The average molecular weight is 821 g/mol. The summed E-state index contributed by atoms with van der Waals surface area (Å²) in [4.78, 5) is 29.8. The van der Waals surface area contributed by atoms with Crippen LogP contribution in [-0.2, 0) is 28.3 Å². The van der Waals surface area contributed by atoms with Crippen LogP contribution in [0.15, 0.2) is 0 Å². The molecule has 0 heterocycles. The lowest BCUT2D eigenvalue weighted by Gasteiger charge is -2.18. The molecule has 11 heteroatoms. The molecule has 0 spiro atoms. The van der Waals surface area contributed by atoms with E-state index in [-0.39, 0.29) is 37.0 Å². The smallest absolute Gasteiger partial charge is 0.306 e. The van der Waals surface area contributed by atoms with Gasteiger partial charge in [-0.3, -0.25) is 14.9 Å². The minimum Gasteiger partial charge on any atom is -0.462 e. The lowest BCUT2D eigenvalue weighted by atomic mass is 10.1. The first-order valence-electron chi connectivity index (χ1n) is 23.1. The van der Waals surface area contributed by atoms with E-state index in [1.54, 1.807) is 11.8 Å². The van der Waals surface area contributed by atoms with Crippen LogP contribution in [0.5, 0.6) is 0 Å². The van der Waals surface area contributed by atoms with E-state index in [9.17, 15) is 9.59 Å². The zero-order valence-corrected chi connectivity index (χ0v) is 37.5. The van der Waals surface area contributed by atoms with Gasteiger partial charge in [0.15, 0.2) is 12.3 Å². The minimum atomic E-state index is -0.372. The quantitative estimate of drug-likeness (QED) is 0.0136. The Morgan fingerprint density at radius 2 is 0.945 bits per heavy atom. The van der Waals surface area contributed by atoms with Crippen molar-refractivity contribution in [1.82, 2.24) is 10.6 Å². The Hall–Kier alpha value is -0.560. The third-order valence-electron chi connectivity index (χ3n) is 10.1. The number of ether oxygens (including phenoxy) is 2. The molecule has 1 unspecified atom stereocenters. The van der Waals surface area contributed by atoms with Gasteiger partial charge in [0.25, 0.3) is 0 Å². The fourth-order valence-corrected chi connectivity index (χ4v) is 7.70. The van der Waals surface area contributed by atoms with Gasteiger partial charge in [0.2, 0.25) is 0 Å². The Kier molecular flexibility index (Phi) is 47.3. The first-order valence-corrected chi connectivity index (χ1v) is 24.9. The average Bonchev–Trinajstić information content (AvgIpc) is 3.18. The summed E-state index contributed by atoms with van der Waals surface area (Å²) >= 11 is 2.01. The SMILES string of the molecule is CCCCCCCCCCCC(=O)OCC(CSCCCNCCCCCCCCCCCCCNCOOSO)OC(=O)CCCCCCCCCCC. The lowest BCUT2D eigenvalue weighted by molar-refractivity contribution is -0.201. The molecule has 3 N–H and O–H groups in total. The summed E-state index contributed by atoms with van der Waals surface area (Å²) in [5.41, 5.74) is 0. The Morgan fingerprint density at radius 3 is 1.44 bits per heavy atom. The second-order valence-electron chi connectivity index (χ2n) is 15.4. The number of hydrogen-bond acceptors (Lipinski definition) is 11. The molecule has 328 valence electrons. The Labute approximate surface area is 348 Å². The number of carbonyl (C=O) groups is 2. The second kappa shape index (κ2) is 47.8. The molecule has 0 aliphatic rings. The van der Waals surface area contributed by atoms with Crippen LogP contribution >= 0.6 is 24.1 Å². The van der Waals surface area contributed by atoms with Crippen molar-refractivity contribution in [1.29, 1.82) is 0 Å². The van der Waals surface area contributed by atoms with E-state index < -0.39 is 0 Å². The van der Waals surface area contributed by atoms with Gasteiger partial charge in [0, 0.05) is 18.6 Å². The van der Waals surface area contributed by atoms with Crippen molar-refractivity contribution in [2.75, 3.05) is 44.5 Å². The van der Waals surface area contributed by atoms with Crippen LogP contribution in [0.4, 0.5) is 0 Å². The standard InChI is InChI=1S/C44H88N2O7S2/c1-3-5-7-9-11-16-20-24-28-33-43(47)50-39-42(52-44(48)34-29-25-21-17-12-10-8-6-4-2)40-54-38-32-37-45-35-30-26-22-18-14-13-15-19-23-27-31-36-46-41-51-53-55-49/h42,45-46,49H,3-41H2,1-2H3. The molecule has 1 atom stereocenters. The third-order valence-corrected chi connectivity index (χ3v) is 11.4. The summed E-state index contributed by atoms with van der Waals surface area (Å²) in [6, 6.07) is 0. The highest BCUT2D eigenvalue weighted by Gasteiger charge is 2.17. The van der Waals surface area contributed by atoms with Crippen LogP contribution in [0.2, 0.25) is 0 Å². The molecule has 0 aliphatic heterocycles. The summed E-state index contributed by atoms with van der Waals surface area (Å²) in [7, 11) is 0. The normalized spacial score (nSPS) is 12.0. The zero-order valence-electron chi connectivity index (χ0n) is 35.9. The number of nitrogens with one attached hydrogen (secondary N) is 2. The Bertz CT molecular complexity index is 784. The van der Waals surface area contributed by atoms with Gasteiger partial charge in [-0.05, 0) is 57.5 Å². The summed E-state index contributed by atoms with van der Waals surface area (Å²) < 4.78 is 24.2. The molecule has 0 aliphatic carbocycles. The molecule has 0 saturated heterocycles. The fourth-order valence-electron chi connectivity index (χ4n) is 6.67. The van der Waals surface area contributed by atoms with Crippen LogP contribution in [0.3, 0.4) is 0 Å². The van der Waals surface area contributed by atoms with Crippen molar-refractivity contribution >= 4 is 36.0 Å². The van der Waals surface area contributed by atoms with Crippen LogP contribution in [0.25, 0.3) is 0 Å². The summed E-state index contributed by atoms with van der Waals surface area (Å²) in [6.45, 7) is 7.95. The van der Waals surface area contributed by atoms with Crippen molar-refractivity contribution in [3.05, 3.63) is 0 Å². The molecule has 0 saturated carbocycles. The van der Waals surface area contributed by atoms with Gasteiger partial charge in [-0.1, -0.05) is 174 Å². The molecule has 0 amide bonds. The van der Waals surface area contributed by atoms with Gasteiger partial charge < -0.3 is 19.3 Å². The first-order chi connectivity index (χ1) is 27.1. The Morgan fingerprint density at radius 1 is 0.527 bits per heavy atom. The van der Waals surface area contributed by atoms with Crippen LogP contribution in [-0.4, -0.2) is 67.1 Å². The number of hydrogen-bond donors (Lipinski definition) is 3. The molecule has 0 bridgehead atoms. The van der Waals surface area contributed by atoms with Gasteiger partial charge >= 0.3 is 11.9 Å². The lowest BCUT2D eigenvalue weighted by Crippen LogP contribution is -2.28. The van der Waals surface area contributed by atoms with E-state index >= 15 is 0 Å². The van der Waals surface area contributed by atoms with E-state index in [0.29, 0.717) is 25.3 Å². The van der Waals surface area contributed by atoms with E-state index in [1.165, 1.54) is 154 Å². The summed E-state index contributed by atoms with van der Waals surface area (Å²) in [5, 5.41) is 6.71. The fraction of sp³-hybridized carbons (Fsp3) is 0.955. The maximum atomic E-state index is 12.7. The molecule has 0 aromatic carbocycles. The predicted molar refractivity (Wildman–Crippen MR) is 235 cm³/mol. The van der Waals surface area contributed by atoms with Gasteiger partial charge in [-0.15, -0.1) is 4.33 Å². The summed E-state index contributed by atoms with van der Waals surface area (Å²) in [5.74, 6) is 1.35. The molecule has 0 radical (unpaired) electrons. The number of esters is 2. The molecule has 0 fully saturated rings. The predicted octanol–water partition coefficient (Wildman–Crippen LogP) is 12.9. The molecule has 0 rings (SSSR count). The van der Waals surface area contributed by atoms with Crippen molar-refractivity contribution in [2.24, 2.45) is 0 Å². The minimum absolute atomic E-state index is 0.153. The van der Waals surface area contributed by atoms with Crippen LogP contribution in [0, 0.1) is 0 Å². The highest BCUT2D eigenvalue weighted by molar-refractivity contribution is 7.99. The second-order valence-corrected chi connectivity index (χ2v) is 16.9. The number of rotatable bonds is 47. The van der Waals surface area contributed by atoms with E-state index in [4.69, 9.17) is 14.0 Å². The highest BCUT2D eigenvalue weighted by Crippen LogP contribution is 2.15. The maximum absolute atomic E-state index is 12.7. The van der Waals surface area contributed by atoms with Crippen molar-refractivity contribution in [3.63, 3.8) is 0 Å². The molecule has 55 heavy (non-hydrogen) atoms. The van der Waals surface area contributed by atoms with Crippen molar-refractivity contribution in [2.45, 2.75) is 225 Å². The van der Waals surface area contributed by atoms with Gasteiger partial charge in [0.05, 0.1) is 0 Å². The number of thioether (sulfide) groups is 1. The van der Waals surface area contributed by atoms with E-state index in [0.717, 1.165) is 63.9 Å². The van der Waals surface area contributed by atoms with Gasteiger partial charge in [0.1, 0.15) is 19.4 Å². The van der Waals surface area contributed by atoms with E-state index in [2.05, 4.69) is 33.7 Å². The zero-order chi connectivity index (χ0) is 40.0. The van der Waals surface area contributed by atoms with Crippen LogP contribution in [0.1, 0.15) is 219 Å². The topological polar surface area (TPSA) is 115 Å². The van der Waals surface area contributed by atoms with Crippen molar-refractivity contribution < 1.29 is 32.8 Å². The van der Waals surface area contributed by atoms with E-state index in [1.807, 2.05) is 0 Å². The Balaban J connectivity index is 4.01. The molecule has 9 nitrogen and oxygen atoms in total. The summed E-state index contributed by atoms with van der Waals surface area (Å²) in [6.07, 6.45) is 37.8. The number of unbranched alkanes of at least 4 members (excludes halogenated alkanes) is 26. The van der Waals surface area contributed by atoms with Gasteiger partial charge in [-0.2, -0.15) is 11.8 Å². The largest absolute Gasteiger partial charge is 0.462 e. The molecule has 0 aromatic rings. The molecular weight excluding hydrogens is 733 g/mol. The van der Waals surface area contributed by atoms with Crippen LogP contribution < -0.4 is 10.6 Å². The van der Waals surface area contributed by atoms with Crippen molar-refractivity contribution in [3.8, 4) is 0 Å². The molecular formula is C44H88N2O7S2. The molecule has 0 aromatic heterocycles. The number of carbonyl (C=O) groups excluding carboxylic acids is 2. The van der Waals surface area contributed by atoms with Gasteiger partial charge in [-0.25, -0.2) is 4.89 Å². The highest BCUT2D eigenvalue weighted by atomic mass is 32.2. The maximum Gasteiger partial charge on any atom is 0.306 e. The monoisotopic (exact) mass is 821 g/mol.